The molecule has 1 atom stereocenters. The van der Waals surface area contributed by atoms with E-state index in [1.165, 1.54) is 11.3 Å². The molecule has 1 N–H and O–H groups in total. The summed E-state index contributed by atoms with van der Waals surface area (Å²) in [5.41, 5.74) is 4.27. The van der Waals surface area contributed by atoms with Crippen LogP contribution in [0.15, 0.2) is 41.3 Å². The monoisotopic (exact) mass is 484 g/mol. The maximum atomic E-state index is 13.5. The molecule has 2 heterocycles. The molecule has 0 saturated carbocycles. The first-order valence-corrected chi connectivity index (χ1v) is 13.2. The number of carbonyl (C=O) groups is 1. The minimum Gasteiger partial charge on any atom is -0.320 e. The van der Waals surface area contributed by atoms with Gasteiger partial charge in [-0.3, -0.25) is 4.79 Å². The van der Waals surface area contributed by atoms with Gasteiger partial charge in [-0.25, -0.2) is 8.42 Å². The maximum Gasteiger partial charge on any atom is 0.286 e. The molecule has 1 fully saturated rings. The van der Waals surface area contributed by atoms with E-state index in [-0.39, 0.29) is 16.8 Å². The summed E-state index contributed by atoms with van der Waals surface area (Å²) in [5, 5.41) is 12.2. The highest BCUT2D eigenvalue weighted by molar-refractivity contribution is 7.89. The number of benzene rings is 2. The number of aromatic nitrogens is 2. The minimum absolute atomic E-state index is 0.0860. The third kappa shape index (κ3) is 4.85. The van der Waals surface area contributed by atoms with Crippen LogP contribution in [0.3, 0.4) is 0 Å². The van der Waals surface area contributed by atoms with Crippen molar-refractivity contribution in [2.45, 2.75) is 51.3 Å². The lowest BCUT2D eigenvalue weighted by molar-refractivity contribution is 0.102. The van der Waals surface area contributed by atoms with Gasteiger partial charge in [-0.15, -0.1) is 10.2 Å². The van der Waals surface area contributed by atoms with Gasteiger partial charge >= 0.3 is 0 Å². The van der Waals surface area contributed by atoms with Crippen LogP contribution in [0.25, 0.3) is 0 Å². The Morgan fingerprint density at radius 2 is 1.76 bits per heavy atom. The number of amides is 1. The first-order valence-electron chi connectivity index (χ1n) is 10.9. The molecule has 1 saturated heterocycles. The van der Waals surface area contributed by atoms with Gasteiger partial charge in [0.05, 0.1) is 4.90 Å². The van der Waals surface area contributed by atoms with Crippen molar-refractivity contribution in [3.63, 3.8) is 0 Å². The first-order chi connectivity index (χ1) is 15.7. The van der Waals surface area contributed by atoms with Crippen molar-refractivity contribution < 1.29 is 13.2 Å². The van der Waals surface area contributed by atoms with Gasteiger partial charge in [0.2, 0.25) is 15.0 Å². The van der Waals surface area contributed by atoms with Crippen LogP contribution in [0.1, 0.15) is 55.8 Å². The minimum atomic E-state index is -3.63. The Hall–Kier alpha value is -2.62. The molecule has 3 aromatic rings. The van der Waals surface area contributed by atoms with Crippen LogP contribution in [-0.2, 0) is 10.0 Å². The summed E-state index contributed by atoms with van der Waals surface area (Å²) in [5.74, 6) is -0.392. The number of hydrogen-bond donors (Lipinski definition) is 1. The van der Waals surface area contributed by atoms with Gasteiger partial charge in [-0.05, 0) is 63.3 Å². The molecule has 0 unspecified atom stereocenters. The molecule has 0 aliphatic carbocycles. The van der Waals surface area contributed by atoms with Gasteiger partial charge < -0.3 is 5.32 Å². The highest BCUT2D eigenvalue weighted by atomic mass is 32.2. The molecule has 0 spiro atoms. The number of hydrogen-bond acceptors (Lipinski definition) is 6. The van der Waals surface area contributed by atoms with E-state index in [9.17, 15) is 13.2 Å². The molecule has 4 rings (SSSR count). The van der Waals surface area contributed by atoms with Crippen molar-refractivity contribution in [2.24, 2.45) is 0 Å². The third-order valence-electron chi connectivity index (χ3n) is 5.96. The molecule has 1 aliphatic heterocycles. The molecule has 1 amide bonds. The van der Waals surface area contributed by atoms with Crippen molar-refractivity contribution in [3.05, 3.63) is 68.7 Å². The normalized spacial score (nSPS) is 17.2. The highest BCUT2D eigenvalue weighted by Crippen LogP contribution is 2.34. The zero-order valence-corrected chi connectivity index (χ0v) is 20.9. The Labute approximate surface area is 198 Å². The number of aryl methyl sites for hydroxylation is 4. The zero-order valence-electron chi connectivity index (χ0n) is 19.3. The second kappa shape index (κ2) is 9.32. The number of rotatable bonds is 5. The van der Waals surface area contributed by atoms with Crippen LogP contribution in [0, 0.1) is 27.7 Å². The van der Waals surface area contributed by atoms with E-state index in [1.807, 2.05) is 64.1 Å². The lowest BCUT2D eigenvalue weighted by Gasteiger charge is -2.31. The van der Waals surface area contributed by atoms with E-state index in [0.29, 0.717) is 23.0 Å². The fourth-order valence-electron chi connectivity index (χ4n) is 4.45. The largest absolute Gasteiger partial charge is 0.320 e. The van der Waals surface area contributed by atoms with Gasteiger partial charge in [0.1, 0.15) is 5.01 Å². The Balaban J connectivity index is 1.52. The Morgan fingerprint density at radius 3 is 2.45 bits per heavy atom. The van der Waals surface area contributed by atoms with Gasteiger partial charge in [0, 0.05) is 24.7 Å². The molecule has 0 bridgehead atoms. The predicted molar refractivity (Wildman–Crippen MR) is 130 cm³/mol. The maximum absolute atomic E-state index is 13.5. The number of piperidine rings is 1. The summed E-state index contributed by atoms with van der Waals surface area (Å²) in [6, 6.07) is 11.4. The molecule has 1 aromatic heterocycles. The van der Waals surface area contributed by atoms with Crippen molar-refractivity contribution >= 4 is 33.0 Å². The van der Waals surface area contributed by atoms with Crippen LogP contribution in [0.2, 0.25) is 0 Å². The quantitative estimate of drug-likeness (QED) is 0.572. The summed E-state index contributed by atoms with van der Waals surface area (Å²) < 4.78 is 28.5. The average Bonchev–Trinajstić information content (AvgIpc) is 3.25. The molecule has 1 aliphatic rings. The Bertz CT molecular complexity index is 1280. The molecule has 7 nitrogen and oxygen atoms in total. The number of carbonyl (C=O) groups excluding carboxylic acids is 1. The zero-order chi connectivity index (χ0) is 23.8. The third-order valence-corrected chi connectivity index (χ3v) is 9.22. The lowest BCUT2D eigenvalue weighted by Crippen LogP contribution is -2.39. The van der Waals surface area contributed by atoms with Crippen LogP contribution in [-0.4, -0.2) is 41.9 Å². The SMILES string of the molecule is Cc1cc(C)c(S(=O)(=O)N2CCC[C@@H](c3nnc(C(=O)Nc4ccccc4C)s3)C2)c(C)c1. The highest BCUT2D eigenvalue weighted by Gasteiger charge is 2.34. The number of nitrogens with one attached hydrogen (secondary N) is 1. The van der Waals surface area contributed by atoms with E-state index in [0.717, 1.165) is 40.8 Å². The summed E-state index contributed by atoms with van der Waals surface area (Å²) >= 11 is 1.23. The number of anilines is 1. The summed E-state index contributed by atoms with van der Waals surface area (Å²) in [7, 11) is -3.63. The van der Waals surface area contributed by atoms with E-state index >= 15 is 0 Å². The van der Waals surface area contributed by atoms with E-state index in [4.69, 9.17) is 0 Å². The summed E-state index contributed by atoms with van der Waals surface area (Å²) in [6.07, 6.45) is 1.55. The number of nitrogens with zero attached hydrogens (tertiary/aromatic N) is 3. The molecule has 33 heavy (non-hydrogen) atoms. The molecule has 2 aromatic carbocycles. The second-order valence-corrected chi connectivity index (χ2v) is 11.5. The fraction of sp³-hybridized carbons (Fsp3) is 0.375. The summed E-state index contributed by atoms with van der Waals surface area (Å²) in [4.78, 5) is 13.1. The predicted octanol–water partition coefficient (Wildman–Crippen LogP) is 4.59. The van der Waals surface area contributed by atoms with Crippen LogP contribution in [0.5, 0.6) is 0 Å². The van der Waals surface area contributed by atoms with Crippen LogP contribution in [0.4, 0.5) is 5.69 Å². The van der Waals surface area contributed by atoms with Crippen molar-refractivity contribution in [3.8, 4) is 0 Å². The summed E-state index contributed by atoms with van der Waals surface area (Å²) in [6.45, 7) is 8.40. The molecule has 9 heteroatoms. The number of para-hydroxylation sites is 1. The number of sulfonamides is 1. The lowest BCUT2D eigenvalue weighted by atomic mass is 10.0. The molecular formula is C24H28N4O3S2. The van der Waals surface area contributed by atoms with Gasteiger partial charge in [0.15, 0.2) is 0 Å². The standard InChI is InChI=1S/C24H28N4O3S2/c1-15-12-17(3)21(18(4)13-15)33(30,31)28-11-7-9-19(14-28)23-26-27-24(32-23)22(29)25-20-10-6-5-8-16(20)2/h5-6,8,10,12-13,19H,7,9,11,14H2,1-4H3,(H,25,29)/t19-/m1/s1. The Kier molecular flexibility index (Phi) is 6.65. The van der Waals surface area contributed by atoms with Crippen LogP contribution >= 0.6 is 11.3 Å². The smallest absolute Gasteiger partial charge is 0.286 e. The fourth-order valence-corrected chi connectivity index (χ4v) is 7.24. The average molecular weight is 485 g/mol. The van der Waals surface area contributed by atoms with Gasteiger partial charge in [0.25, 0.3) is 5.91 Å². The molecular weight excluding hydrogens is 456 g/mol. The topological polar surface area (TPSA) is 92.3 Å². The first kappa shape index (κ1) is 23.5. The van der Waals surface area contributed by atoms with Crippen LogP contribution < -0.4 is 5.32 Å². The van der Waals surface area contributed by atoms with E-state index in [2.05, 4.69) is 15.5 Å². The van der Waals surface area contributed by atoms with E-state index < -0.39 is 10.0 Å². The van der Waals surface area contributed by atoms with E-state index in [1.54, 1.807) is 4.31 Å². The molecule has 0 radical (unpaired) electrons. The Morgan fingerprint density at radius 1 is 1.06 bits per heavy atom. The van der Waals surface area contributed by atoms with Gasteiger partial charge in [-0.1, -0.05) is 47.2 Å². The second-order valence-electron chi connectivity index (χ2n) is 8.64. The van der Waals surface area contributed by atoms with Gasteiger partial charge in [-0.2, -0.15) is 4.31 Å². The van der Waals surface area contributed by atoms with Crippen molar-refractivity contribution in [1.82, 2.24) is 14.5 Å². The van der Waals surface area contributed by atoms with Crippen molar-refractivity contribution in [2.75, 3.05) is 18.4 Å². The molecule has 174 valence electrons. The van der Waals surface area contributed by atoms with Crippen molar-refractivity contribution in [1.29, 1.82) is 0 Å².